The summed E-state index contributed by atoms with van der Waals surface area (Å²) in [5, 5.41) is 1.45. The van der Waals surface area contributed by atoms with Crippen molar-refractivity contribution in [1.29, 1.82) is 0 Å². The van der Waals surface area contributed by atoms with Gasteiger partial charge in [-0.3, -0.25) is 0 Å². The van der Waals surface area contributed by atoms with Crippen molar-refractivity contribution >= 4 is 92.8 Å². The van der Waals surface area contributed by atoms with Crippen LogP contribution in [0.2, 0.25) is 40.2 Å². The smallest absolute Gasteiger partial charge is 0.0800 e. The van der Waals surface area contributed by atoms with Crippen LogP contribution in [0.5, 0.6) is 0 Å². The minimum Gasteiger partial charge on any atom is -0.0826 e. The predicted molar refractivity (Wildman–Crippen MR) is 92.0 cm³/mol. The Balaban J connectivity index is 2.89. The molecule has 0 radical (unpaired) electrons. The van der Waals surface area contributed by atoms with Gasteiger partial charge >= 0.3 is 0 Å². The maximum atomic E-state index is 6.18. The lowest BCUT2D eigenvalue weighted by Gasteiger charge is -2.14. The van der Waals surface area contributed by atoms with Crippen LogP contribution >= 0.6 is 92.8 Å². The third kappa shape index (κ3) is 2.95. The SMILES string of the molecule is Clc1cc(-c2c(Cl)c(Cl)cc(Cl)c2Cl)c(Cl)c(Cl)c1Cl. The Morgan fingerprint density at radius 3 is 1.40 bits per heavy atom. The van der Waals surface area contributed by atoms with Crippen molar-refractivity contribution in [2.24, 2.45) is 0 Å². The van der Waals surface area contributed by atoms with Gasteiger partial charge in [-0.25, -0.2) is 0 Å². The minimum atomic E-state index is 0.0964. The van der Waals surface area contributed by atoms with Crippen LogP contribution in [0, 0.1) is 0 Å². The molecule has 0 spiro atoms. The lowest BCUT2D eigenvalue weighted by Crippen LogP contribution is -1.88. The van der Waals surface area contributed by atoms with E-state index in [9.17, 15) is 0 Å². The van der Waals surface area contributed by atoms with Crippen LogP contribution in [0.3, 0.4) is 0 Å². The summed E-state index contributed by atoms with van der Waals surface area (Å²) in [6, 6.07) is 2.93. The first-order valence-electron chi connectivity index (χ1n) is 4.92. The van der Waals surface area contributed by atoms with Gasteiger partial charge in [-0.2, -0.15) is 0 Å². The molecule has 0 aliphatic rings. The van der Waals surface area contributed by atoms with Gasteiger partial charge in [0.1, 0.15) is 0 Å². The molecule has 0 amide bonds. The number of hydrogen-bond acceptors (Lipinski definition) is 0. The van der Waals surface area contributed by atoms with Crippen molar-refractivity contribution in [3.63, 3.8) is 0 Å². The monoisotopic (exact) mass is 426 g/mol. The van der Waals surface area contributed by atoms with Crippen LogP contribution in [-0.2, 0) is 0 Å². The molecule has 0 fully saturated rings. The molecule has 2 aromatic carbocycles. The maximum Gasteiger partial charge on any atom is 0.0800 e. The highest BCUT2D eigenvalue weighted by atomic mass is 35.5. The Morgan fingerprint density at radius 1 is 0.450 bits per heavy atom. The summed E-state index contributed by atoms with van der Waals surface area (Å²) >= 11 is 48.4. The average Bonchev–Trinajstić information content (AvgIpc) is 2.40. The molecular formula is C12H2Cl8. The molecule has 0 nitrogen and oxygen atoms in total. The second-order valence-electron chi connectivity index (χ2n) is 3.69. The van der Waals surface area contributed by atoms with E-state index in [1.807, 2.05) is 0 Å². The molecule has 0 saturated carbocycles. The second-order valence-corrected chi connectivity index (χ2v) is 6.80. The molecule has 0 saturated heterocycles. The molecule has 0 bridgehead atoms. The van der Waals surface area contributed by atoms with E-state index in [-0.39, 0.29) is 40.2 Å². The van der Waals surface area contributed by atoms with E-state index in [1.165, 1.54) is 12.1 Å². The van der Waals surface area contributed by atoms with E-state index in [2.05, 4.69) is 0 Å². The largest absolute Gasteiger partial charge is 0.0826 e. The summed E-state index contributed by atoms with van der Waals surface area (Å²) in [7, 11) is 0. The third-order valence-corrected chi connectivity index (χ3v) is 5.81. The zero-order chi connectivity index (χ0) is 15.2. The van der Waals surface area contributed by atoms with Crippen molar-refractivity contribution < 1.29 is 0 Å². The lowest BCUT2D eigenvalue weighted by atomic mass is 10.1. The predicted octanol–water partition coefficient (Wildman–Crippen LogP) is 8.58. The fraction of sp³-hybridized carbons (Fsp3) is 0. The lowest BCUT2D eigenvalue weighted by molar-refractivity contribution is 1.61. The van der Waals surface area contributed by atoms with Crippen LogP contribution in [0.1, 0.15) is 0 Å². The fourth-order valence-corrected chi connectivity index (χ4v) is 3.47. The highest BCUT2D eigenvalue weighted by Gasteiger charge is 2.21. The Morgan fingerprint density at radius 2 is 0.900 bits per heavy atom. The first-order chi connectivity index (χ1) is 9.25. The van der Waals surface area contributed by atoms with Crippen molar-refractivity contribution in [2.75, 3.05) is 0 Å². The zero-order valence-corrected chi connectivity index (χ0v) is 15.2. The molecule has 0 N–H and O–H groups in total. The summed E-state index contributed by atoms with van der Waals surface area (Å²) in [6.45, 7) is 0. The molecule has 20 heavy (non-hydrogen) atoms. The van der Waals surface area contributed by atoms with Crippen molar-refractivity contribution in [3.8, 4) is 11.1 Å². The van der Waals surface area contributed by atoms with Crippen LogP contribution in [-0.4, -0.2) is 0 Å². The molecule has 0 aliphatic carbocycles. The minimum absolute atomic E-state index is 0.0964. The van der Waals surface area contributed by atoms with E-state index < -0.39 is 0 Å². The molecule has 0 atom stereocenters. The Bertz CT molecular complexity index is 681. The molecule has 8 heteroatoms. The summed E-state index contributed by atoms with van der Waals surface area (Å²) in [4.78, 5) is 0. The standard InChI is InChI=1S/C12H2Cl8/c13-4-1-3(8(16)12(20)11(4)19)7-9(17)5(14)2-6(15)10(7)18/h1-2H. The van der Waals surface area contributed by atoms with E-state index in [4.69, 9.17) is 92.8 Å². The van der Waals surface area contributed by atoms with Crippen LogP contribution < -0.4 is 0 Å². The maximum absolute atomic E-state index is 6.18. The van der Waals surface area contributed by atoms with Crippen LogP contribution in [0.15, 0.2) is 12.1 Å². The van der Waals surface area contributed by atoms with E-state index >= 15 is 0 Å². The number of hydrogen-bond donors (Lipinski definition) is 0. The summed E-state index contributed by atoms with van der Waals surface area (Å²) in [5.41, 5.74) is 0.738. The van der Waals surface area contributed by atoms with Gasteiger partial charge in [0.05, 0.1) is 40.2 Å². The topological polar surface area (TPSA) is 0 Å². The van der Waals surface area contributed by atoms with Gasteiger partial charge in [-0.05, 0) is 12.1 Å². The van der Waals surface area contributed by atoms with E-state index in [0.717, 1.165) is 0 Å². The van der Waals surface area contributed by atoms with Gasteiger partial charge in [0.15, 0.2) is 0 Å². The highest BCUT2D eigenvalue weighted by Crippen LogP contribution is 2.49. The van der Waals surface area contributed by atoms with Crippen molar-refractivity contribution in [1.82, 2.24) is 0 Å². The van der Waals surface area contributed by atoms with Gasteiger partial charge < -0.3 is 0 Å². The van der Waals surface area contributed by atoms with E-state index in [1.54, 1.807) is 0 Å². The number of rotatable bonds is 1. The average molecular weight is 430 g/mol. The molecule has 0 heterocycles. The van der Waals surface area contributed by atoms with Crippen molar-refractivity contribution in [3.05, 3.63) is 52.3 Å². The van der Waals surface area contributed by atoms with Crippen LogP contribution in [0.4, 0.5) is 0 Å². The van der Waals surface area contributed by atoms with Crippen molar-refractivity contribution in [2.45, 2.75) is 0 Å². The number of benzene rings is 2. The van der Waals surface area contributed by atoms with Gasteiger partial charge in [-0.1, -0.05) is 92.8 Å². The number of halogens is 8. The molecule has 0 aliphatic heterocycles. The Labute approximate surface area is 155 Å². The fourth-order valence-electron chi connectivity index (χ4n) is 1.56. The van der Waals surface area contributed by atoms with Gasteiger partial charge in [0.2, 0.25) is 0 Å². The molecule has 106 valence electrons. The molecule has 0 unspecified atom stereocenters. The quantitative estimate of drug-likeness (QED) is 0.314. The second kappa shape index (κ2) is 6.48. The Kier molecular flexibility index (Phi) is 5.55. The zero-order valence-electron chi connectivity index (χ0n) is 9.18. The van der Waals surface area contributed by atoms with Gasteiger partial charge in [0, 0.05) is 11.1 Å². The van der Waals surface area contributed by atoms with E-state index in [0.29, 0.717) is 11.1 Å². The van der Waals surface area contributed by atoms with Crippen LogP contribution in [0.25, 0.3) is 11.1 Å². The Hall–Kier alpha value is 0.760. The van der Waals surface area contributed by atoms with Gasteiger partial charge in [-0.15, -0.1) is 0 Å². The first-order valence-corrected chi connectivity index (χ1v) is 7.94. The third-order valence-electron chi connectivity index (χ3n) is 2.48. The molecular weight excluding hydrogens is 428 g/mol. The summed E-state index contributed by atoms with van der Waals surface area (Å²) < 4.78 is 0. The molecule has 2 rings (SSSR count). The molecule has 0 aromatic heterocycles. The first kappa shape index (κ1) is 17.1. The highest BCUT2D eigenvalue weighted by molar-refractivity contribution is 6.54. The van der Waals surface area contributed by atoms with Gasteiger partial charge in [0.25, 0.3) is 0 Å². The normalized spacial score (nSPS) is 11.0. The summed E-state index contributed by atoms with van der Waals surface area (Å²) in [5.74, 6) is 0. The molecule has 2 aromatic rings. The summed E-state index contributed by atoms with van der Waals surface area (Å²) in [6.07, 6.45) is 0.